The first-order valence-electron chi connectivity index (χ1n) is 15.5. The number of para-hydroxylation sites is 2. The van der Waals surface area contributed by atoms with Crippen LogP contribution >= 0.6 is 0 Å². The van der Waals surface area contributed by atoms with Gasteiger partial charge in [0.1, 0.15) is 11.2 Å². The van der Waals surface area contributed by atoms with E-state index in [1.807, 2.05) is 12.1 Å². The Bertz CT molecular complexity index is 2420. The van der Waals surface area contributed by atoms with Crippen LogP contribution in [0, 0.1) is 0 Å². The first-order chi connectivity index (χ1) is 22.3. The zero-order valence-corrected chi connectivity index (χ0v) is 24.4. The van der Waals surface area contributed by atoms with Gasteiger partial charge in [-0.1, -0.05) is 133 Å². The predicted octanol–water partition coefficient (Wildman–Crippen LogP) is 11.3. The summed E-state index contributed by atoms with van der Waals surface area (Å²) in [4.78, 5) is 0. The van der Waals surface area contributed by atoms with E-state index in [0.717, 1.165) is 44.4 Å². The Hall–Kier alpha value is -5.86. The van der Waals surface area contributed by atoms with Crippen molar-refractivity contribution in [1.29, 1.82) is 0 Å². The number of benzene rings is 7. The molecule has 0 unspecified atom stereocenters. The van der Waals surface area contributed by atoms with Crippen molar-refractivity contribution in [2.24, 2.45) is 0 Å². The molecule has 0 aliphatic heterocycles. The summed E-state index contributed by atoms with van der Waals surface area (Å²) in [6, 6.07) is 57.0. The molecule has 0 bridgehead atoms. The Labute approximate surface area is 261 Å². The number of fused-ring (bicyclic) bond motifs is 13. The number of rotatable bonds is 3. The molecule has 2 nitrogen and oxygen atoms in total. The molecule has 0 atom stereocenters. The minimum absolute atomic E-state index is 0.341. The van der Waals surface area contributed by atoms with Crippen LogP contribution in [0.2, 0.25) is 0 Å². The van der Waals surface area contributed by atoms with Crippen LogP contribution in [0.1, 0.15) is 22.3 Å². The molecular formula is C43H27NO. The van der Waals surface area contributed by atoms with Gasteiger partial charge in [-0.25, -0.2) is 0 Å². The highest BCUT2D eigenvalue weighted by Gasteiger charge is 2.51. The van der Waals surface area contributed by atoms with E-state index in [2.05, 4.69) is 151 Å². The van der Waals surface area contributed by atoms with Crippen LogP contribution in [-0.4, -0.2) is 0 Å². The molecule has 2 aliphatic carbocycles. The van der Waals surface area contributed by atoms with E-state index in [1.54, 1.807) is 0 Å². The Morgan fingerprint density at radius 1 is 0.422 bits per heavy atom. The lowest BCUT2D eigenvalue weighted by atomic mass is 9.70. The third-order valence-corrected chi connectivity index (χ3v) is 9.90. The van der Waals surface area contributed by atoms with Gasteiger partial charge in [-0.05, 0) is 68.8 Å². The lowest BCUT2D eigenvalue weighted by Crippen LogP contribution is -2.25. The molecule has 0 fully saturated rings. The molecule has 2 aliphatic rings. The van der Waals surface area contributed by atoms with E-state index >= 15 is 0 Å². The highest BCUT2D eigenvalue weighted by molar-refractivity contribution is 6.09. The molecule has 1 N–H and O–H groups in total. The molecule has 210 valence electrons. The van der Waals surface area contributed by atoms with Gasteiger partial charge in [-0.15, -0.1) is 0 Å². The van der Waals surface area contributed by atoms with E-state index < -0.39 is 0 Å². The normalized spacial score (nSPS) is 13.5. The summed E-state index contributed by atoms with van der Waals surface area (Å²) < 4.78 is 6.33. The van der Waals surface area contributed by atoms with Crippen LogP contribution < -0.4 is 5.32 Å². The van der Waals surface area contributed by atoms with Crippen LogP contribution in [0.3, 0.4) is 0 Å². The van der Waals surface area contributed by atoms with E-state index in [1.165, 1.54) is 44.5 Å². The van der Waals surface area contributed by atoms with Crippen molar-refractivity contribution in [1.82, 2.24) is 0 Å². The van der Waals surface area contributed by atoms with Gasteiger partial charge in [0, 0.05) is 33.3 Å². The van der Waals surface area contributed by atoms with Crippen LogP contribution in [0.25, 0.3) is 55.3 Å². The van der Waals surface area contributed by atoms with E-state index in [-0.39, 0.29) is 5.41 Å². The molecule has 1 heterocycles. The second-order valence-electron chi connectivity index (χ2n) is 12.1. The molecule has 7 aromatic carbocycles. The van der Waals surface area contributed by atoms with Gasteiger partial charge >= 0.3 is 0 Å². The molecule has 1 spiro atoms. The number of anilines is 2. The molecule has 0 radical (unpaired) electrons. The fraction of sp³-hybridized carbons (Fsp3) is 0.0233. The molecule has 10 rings (SSSR count). The highest BCUT2D eigenvalue weighted by Crippen LogP contribution is 2.63. The van der Waals surface area contributed by atoms with Gasteiger partial charge in [0.2, 0.25) is 0 Å². The Morgan fingerprint density at radius 3 is 1.73 bits per heavy atom. The van der Waals surface area contributed by atoms with Gasteiger partial charge in [0.15, 0.2) is 0 Å². The molecule has 0 amide bonds. The van der Waals surface area contributed by atoms with Crippen LogP contribution in [-0.2, 0) is 5.41 Å². The molecule has 0 saturated carbocycles. The lowest BCUT2D eigenvalue weighted by Gasteiger charge is -2.30. The topological polar surface area (TPSA) is 25.2 Å². The second kappa shape index (κ2) is 9.07. The van der Waals surface area contributed by atoms with Gasteiger partial charge < -0.3 is 9.73 Å². The predicted molar refractivity (Wildman–Crippen MR) is 185 cm³/mol. The maximum Gasteiger partial charge on any atom is 0.143 e. The van der Waals surface area contributed by atoms with Crippen molar-refractivity contribution >= 4 is 33.3 Å². The monoisotopic (exact) mass is 573 g/mol. The van der Waals surface area contributed by atoms with Crippen molar-refractivity contribution in [3.8, 4) is 33.4 Å². The summed E-state index contributed by atoms with van der Waals surface area (Å²) >= 11 is 0. The lowest BCUT2D eigenvalue weighted by molar-refractivity contribution is 0.670. The second-order valence-corrected chi connectivity index (χ2v) is 12.1. The van der Waals surface area contributed by atoms with Gasteiger partial charge in [0.05, 0.1) is 5.41 Å². The highest BCUT2D eigenvalue weighted by atomic mass is 16.3. The summed E-state index contributed by atoms with van der Waals surface area (Å²) in [7, 11) is 0. The smallest absolute Gasteiger partial charge is 0.143 e. The summed E-state index contributed by atoms with van der Waals surface area (Å²) in [6.45, 7) is 0. The standard InChI is InChI=1S/C43H27NO/c1-5-17-35-30(11-1)31-12-2-6-18-36(31)43(35)37-19-7-3-14-34(37)41-38(43)20-10-21-39(41)44-28-25-23-27(24-26-28)29-15-9-16-33-32-13-4-8-22-40(32)45-42(29)33/h1-26,44H. The van der Waals surface area contributed by atoms with Crippen LogP contribution in [0.4, 0.5) is 11.4 Å². The summed E-state index contributed by atoms with van der Waals surface area (Å²) in [5, 5.41) is 6.11. The number of nitrogens with one attached hydrogen (secondary N) is 1. The van der Waals surface area contributed by atoms with Crippen LogP contribution in [0.5, 0.6) is 0 Å². The molecule has 0 saturated heterocycles. The minimum Gasteiger partial charge on any atom is -0.455 e. The first kappa shape index (κ1) is 24.6. The Kier molecular flexibility index (Phi) is 4.95. The van der Waals surface area contributed by atoms with E-state index in [9.17, 15) is 0 Å². The maximum atomic E-state index is 6.33. The fourth-order valence-electron chi connectivity index (χ4n) is 8.11. The van der Waals surface area contributed by atoms with Crippen molar-refractivity contribution in [3.63, 3.8) is 0 Å². The van der Waals surface area contributed by atoms with Crippen LogP contribution in [0.15, 0.2) is 162 Å². The third-order valence-electron chi connectivity index (χ3n) is 9.90. The van der Waals surface area contributed by atoms with Gasteiger partial charge in [-0.3, -0.25) is 0 Å². The third kappa shape index (κ3) is 3.23. The first-order valence-corrected chi connectivity index (χ1v) is 15.5. The minimum atomic E-state index is -0.341. The van der Waals surface area contributed by atoms with Gasteiger partial charge in [0.25, 0.3) is 0 Å². The van der Waals surface area contributed by atoms with Crippen molar-refractivity contribution in [3.05, 3.63) is 180 Å². The van der Waals surface area contributed by atoms with E-state index in [0.29, 0.717) is 0 Å². The number of hydrogen-bond acceptors (Lipinski definition) is 2. The maximum absolute atomic E-state index is 6.33. The molecule has 1 aromatic heterocycles. The number of furan rings is 1. The fourth-order valence-corrected chi connectivity index (χ4v) is 8.11. The van der Waals surface area contributed by atoms with Crippen molar-refractivity contribution < 1.29 is 4.42 Å². The van der Waals surface area contributed by atoms with Gasteiger partial charge in [-0.2, -0.15) is 0 Å². The average Bonchev–Trinajstić information content (AvgIpc) is 3.73. The SMILES string of the molecule is c1ccc2c(c1)-c1ccccc1C21c2ccccc2-c2c(Nc3ccc(-c4cccc5c4oc4ccccc45)cc3)cccc21. The average molecular weight is 574 g/mol. The quantitative estimate of drug-likeness (QED) is 0.227. The van der Waals surface area contributed by atoms with Crippen molar-refractivity contribution in [2.45, 2.75) is 5.41 Å². The Balaban J connectivity index is 1.10. The summed E-state index contributed by atoms with van der Waals surface area (Å²) in [5.41, 5.74) is 16.5. The Morgan fingerprint density at radius 2 is 0.978 bits per heavy atom. The number of hydrogen-bond donors (Lipinski definition) is 1. The summed E-state index contributed by atoms with van der Waals surface area (Å²) in [6.07, 6.45) is 0. The molecule has 8 aromatic rings. The van der Waals surface area contributed by atoms with E-state index in [4.69, 9.17) is 4.42 Å². The zero-order chi connectivity index (χ0) is 29.5. The molecule has 45 heavy (non-hydrogen) atoms. The van der Waals surface area contributed by atoms with Crippen molar-refractivity contribution in [2.75, 3.05) is 5.32 Å². The summed E-state index contributed by atoms with van der Waals surface area (Å²) in [5.74, 6) is 0. The molecular weight excluding hydrogens is 546 g/mol. The largest absolute Gasteiger partial charge is 0.455 e. The molecule has 2 heteroatoms. The zero-order valence-electron chi connectivity index (χ0n) is 24.4.